The van der Waals surface area contributed by atoms with Gasteiger partial charge in [-0.05, 0) is 61.6 Å². The normalized spacial score (nSPS) is 17.9. The first-order chi connectivity index (χ1) is 21.4. The van der Waals surface area contributed by atoms with Gasteiger partial charge in [0.2, 0.25) is 11.8 Å². The van der Waals surface area contributed by atoms with E-state index in [9.17, 15) is 14.4 Å². The van der Waals surface area contributed by atoms with Crippen LogP contribution in [0.3, 0.4) is 0 Å². The highest BCUT2D eigenvalue weighted by atomic mass is 16.5. The second kappa shape index (κ2) is 12.6. The number of nitrogens with one attached hydrogen (secondary N) is 3. The summed E-state index contributed by atoms with van der Waals surface area (Å²) in [5, 5.41) is 2.45. The summed E-state index contributed by atoms with van der Waals surface area (Å²) in [5.41, 5.74) is 10.8. The Hall–Kier alpha value is -5.15. The molecule has 2 aliphatic rings. The Morgan fingerprint density at radius 1 is 0.955 bits per heavy atom. The summed E-state index contributed by atoms with van der Waals surface area (Å²) in [6, 6.07) is 13.5. The van der Waals surface area contributed by atoms with Crippen LogP contribution in [0.2, 0.25) is 0 Å². The minimum Gasteiger partial charge on any atom is -0.453 e. The number of aromatic nitrogens is 4. The van der Waals surface area contributed by atoms with Crippen molar-refractivity contribution < 1.29 is 19.1 Å². The van der Waals surface area contributed by atoms with E-state index in [1.165, 1.54) is 7.11 Å². The minimum atomic E-state index is -0.636. The molecule has 5 N–H and O–H groups in total. The van der Waals surface area contributed by atoms with Crippen molar-refractivity contribution in [3.8, 4) is 23.1 Å². The van der Waals surface area contributed by atoms with Gasteiger partial charge in [0.25, 0.3) is 0 Å². The fraction of sp³-hybridized carbons (Fsp3) is 0.344. The Labute approximate surface area is 254 Å². The van der Waals surface area contributed by atoms with E-state index in [1.807, 2.05) is 42.5 Å². The highest BCUT2D eigenvalue weighted by Crippen LogP contribution is 2.32. The minimum absolute atomic E-state index is 0.00365. The van der Waals surface area contributed by atoms with Crippen molar-refractivity contribution in [2.24, 2.45) is 5.73 Å². The molecule has 0 bridgehead atoms. The number of carbonyl (C=O) groups excluding carboxylic acids is 3. The fourth-order valence-corrected chi connectivity index (χ4v) is 5.93. The van der Waals surface area contributed by atoms with Crippen LogP contribution in [0.15, 0.2) is 48.7 Å². The van der Waals surface area contributed by atoms with Crippen molar-refractivity contribution in [1.82, 2.24) is 35.1 Å². The summed E-state index contributed by atoms with van der Waals surface area (Å²) >= 11 is 0. The maximum absolute atomic E-state index is 12.7. The number of carbonyl (C=O) groups is 3. The van der Waals surface area contributed by atoms with E-state index in [4.69, 9.17) is 10.7 Å². The van der Waals surface area contributed by atoms with Gasteiger partial charge in [-0.25, -0.2) is 14.8 Å². The molecule has 12 nitrogen and oxygen atoms in total. The second-order valence-electron chi connectivity index (χ2n) is 10.9. The van der Waals surface area contributed by atoms with Crippen molar-refractivity contribution >= 4 is 28.9 Å². The van der Waals surface area contributed by atoms with Crippen LogP contribution in [-0.4, -0.2) is 80.9 Å². The Morgan fingerprint density at radius 3 is 2.36 bits per heavy atom. The van der Waals surface area contributed by atoms with Crippen LogP contribution in [0.4, 0.5) is 4.79 Å². The molecule has 4 heterocycles. The van der Waals surface area contributed by atoms with E-state index in [0.29, 0.717) is 13.1 Å². The van der Waals surface area contributed by atoms with Crippen LogP contribution in [0.25, 0.3) is 22.3 Å². The number of rotatable bonds is 6. The first-order valence-electron chi connectivity index (χ1n) is 14.7. The molecule has 3 amide bonds. The lowest BCUT2D eigenvalue weighted by atomic mass is 10.1. The van der Waals surface area contributed by atoms with Crippen LogP contribution in [0, 0.1) is 11.8 Å². The van der Waals surface area contributed by atoms with Crippen molar-refractivity contribution in [1.29, 1.82) is 0 Å². The quantitative estimate of drug-likeness (QED) is 0.250. The molecule has 2 saturated heterocycles. The Bertz CT molecular complexity index is 1750. The van der Waals surface area contributed by atoms with Crippen LogP contribution >= 0.6 is 0 Å². The number of alkyl carbamates (subject to hydrolysis) is 1. The number of methoxy groups -OCH3 is 1. The lowest BCUT2D eigenvalue weighted by Crippen LogP contribution is -2.40. The van der Waals surface area contributed by atoms with Gasteiger partial charge in [0.05, 0.1) is 48.7 Å². The lowest BCUT2D eigenvalue weighted by molar-refractivity contribution is -0.131. The van der Waals surface area contributed by atoms with E-state index in [0.717, 1.165) is 70.7 Å². The molecule has 2 fully saturated rings. The van der Waals surface area contributed by atoms with Gasteiger partial charge < -0.3 is 35.6 Å². The zero-order valence-corrected chi connectivity index (χ0v) is 24.4. The SMILES string of the molecule is COC(=O)NCC(=O)N1CCC[C@H]1c1nc2ccc(C#Cc3ccc(-c4cnc([C@@H]5CCCN5C(=O)CN)[nH]4)cc3)cc2[nH]1. The Morgan fingerprint density at radius 2 is 1.64 bits per heavy atom. The van der Waals surface area contributed by atoms with E-state index in [-0.39, 0.29) is 37.0 Å². The van der Waals surface area contributed by atoms with Crippen molar-refractivity contribution in [2.45, 2.75) is 37.8 Å². The number of nitrogens with two attached hydrogens (primary N) is 1. The van der Waals surface area contributed by atoms with Gasteiger partial charge in [0, 0.05) is 24.2 Å². The zero-order chi connectivity index (χ0) is 30.6. The summed E-state index contributed by atoms with van der Waals surface area (Å²) < 4.78 is 4.56. The molecule has 12 heteroatoms. The number of imidazole rings is 2. The van der Waals surface area contributed by atoms with E-state index in [1.54, 1.807) is 16.0 Å². The Balaban J connectivity index is 1.12. The summed E-state index contributed by atoms with van der Waals surface area (Å²) in [6.45, 7) is 1.19. The molecule has 2 aromatic heterocycles. The number of aromatic amines is 2. The monoisotopic (exact) mass is 594 g/mol. The number of likely N-dealkylation sites (tertiary alicyclic amines) is 2. The van der Waals surface area contributed by atoms with Gasteiger partial charge in [-0.3, -0.25) is 9.59 Å². The van der Waals surface area contributed by atoms with Crippen LogP contribution in [-0.2, 0) is 14.3 Å². The summed E-state index contributed by atoms with van der Waals surface area (Å²) in [4.78, 5) is 55.9. The molecular formula is C32H34N8O4. The average Bonchev–Trinajstić information content (AvgIpc) is 3.87. The number of fused-ring (bicyclic) bond motifs is 1. The molecule has 0 aliphatic carbocycles. The first kappa shape index (κ1) is 28.9. The summed E-state index contributed by atoms with van der Waals surface area (Å²) in [5.74, 6) is 7.73. The fourth-order valence-electron chi connectivity index (χ4n) is 5.93. The number of ether oxygens (including phenoxy) is 1. The predicted molar refractivity (Wildman–Crippen MR) is 163 cm³/mol. The standard InChI is InChI=1S/C32H34N8O4/c1-44-32(43)35-19-29(42)40-15-3-5-27(40)31-36-23-13-10-21(16-24(23)37-31)7-6-20-8-11-22(12-9-20)25-18-34-30(38-25)26-4-2-14-39(26)28(41)17-33/h8-13,16,18,26-27H,2-5,14-15,17,19,33H2,1H3,(H,34,38)(H,35,43)(H,36,37)/t26-,27-/m0/s1. The molecule has 2 atom stereocenters. The average molecular weight is 595 g/mol. The number of benzene rings is 2. The highest BCUT2D eigenvalue weighted by Gasteiger charge is 2.33. The Kier molecular flexibility index (Phi) is 8.29. The molecular weight excluding hydrogens is 560 g/mol. The van der Waals surface area contributed by atoms with Crippen LogP contribution in [0.1, 0.15) is 60.5 Å². The van der Waals surface area contributed by atoms with Crippen molar-refractivity contribution in [3.63, 3.8) is 0 Å². The van der Waals surface area contributed by atoms with Crippen LogP contribution in [0.5, 0.6) is 0 Å². The number of H-pyrrole nitrogens is 2. The summed E-state index contributed by atoms with van der Waals surface area (Å²) in [7, 11) is 1.26. The maximum Gasteiger partial charge on any atom is 0.407 e. The second-order valence-corrected chi connectivity index (χ2v) is 10.9. The van der Waals surface area contributed by atoms with Gasteiger partial charge in [0.15, 0.2) is 0 Å². The van der Waals surface area contributed by atoms with E-state index < -0.39 is 6.09 Å². The zero-order valence-electron chi connectivity index (χ0n) is 24.4. The molecule has 2 aromatic carbocycles. The third-order valence-electron chi connectivity index (χ3n) is 8.16. The molecule has 0 saturated carbocycles. The third-order valence-corrected chi connectivity index (χ3v) is 8.16. The third kappa shape index (κ3) is 6.00. The molecule has 6 rings (SSSR count). The molecule has 0 unspecified atom stereocenters. The largest absolute Gasteiger partial charge is 0.453 e. The van der Waals surface area contributed by atoms with Gasteiger partial charge in [0.1, 0.15) is 18.2 Å². The van der Waals surface area contributed by atoms with Crippen molar-refractivity contribution in [3.05, 3.63) is 71.4 Å². The lowest BCUT2D eigenvalue weighted by Gasteiger charge is -2.23. The molecule has 0 radical (unpaired) electrons. The maximum atomic E-state index is 12.7. The predicted octanol–water partition coefficient (Wildman–Crippen LogP) is 2.99. The molecule has 0 spiro atoms. The van der Waals surface area contributed by atoms with Gasteiger partial charge in [-0.1, -0.05) is 24.0 Å². The van der Waals surface area contributed by atoms with Crippen molar-refractivity contribution in [2.75, 3.05) is 33.3 Å². The van der Waals surface area contributed by atoms with Gasteiger partial charge in [-0.2, -0.15) is 0 Å². The smallest absolute Gasteiger partial charge is 0.407 e. The topological polar surface area (TPSA) is 162 Å². The number of hydrogen-bond donors (Lipinski definition) is 4. The summed E-state index contributed by atoms with van der Waals surface area (Å²) in [6.07, 6.45) is 4.62. The number of hydrogen-bond acceptors (Lipinski definition) is 7. The molecule has 4 aromatic rings. The van der Waals surface area contributed by atoms with E-state index in [2.05, 4.69) is 36.8 Å². The number of nitrogens with zero attached hydrogens (tertiary/aromatic N) is 4. The van der Waals surface area contributed by atoms with Gasteiger partial charge in [-0.15, -0.1) is 0 Å². The molecule has 226 valence electrons. The van der Waals surface area contributed by atoms with E-state index >= 15 is 0 Å². The number of amides is 3. The molecule has 44 heavy (non-hydrogen) atoms. The van der Waals surface area contributed by atoms with Gasteiger partial charge >= 0.3 is 6.09 Å². The van der Waals surface area contributed by atoms with Crippen LogP contribution < -0.4 is 11.1 Å². The molecule has 2 aliphatic heterocycles. The first-order valence-corrected chi connectivity index (χ1v) is 14.7. The highest BCUT2D eigenvalue weighted by molar-refractivity contribution is 5.83.